The van der Waals surface area contributed by atoms with Gasteiger partial charge in [0.25, 0.3) is 0 Å². The van der Waals surface area contributed by atoms with Crippen molar-refractivity contribution in [3.63, 3.8) is 0 Å². The summed E-state index contributed by atoms with van der Waals surface area (Å²) in [5, 5.41) is 0. The second-order valence-electron chi connectivity index (χ2n) is 11.3. The van der Waals surface area contributed by atoms with Gasteiger partial charge < -0.3 is 9.80 Å². The molecule has 2 heterocycles. The van der Waals surface area contributed by atoms with Gasteiger partial charge >= 0.3 is 0 Å². The van der Waals surface area contributed by atoms with Gasteiger partial charge in [0, 0.05) is 18.9 Å². The van der Waals surface area contributed by atoms with Gasteiger partial charge in [0.15, 0.2) is 0 Å². The monoisotopic (exact) mass is 447 g/mol. The number of carbonyl (C=O) groups is 1. The van der Waals surface area contributed by atoms with Crippen molar-refractivity contribution in [1.29, 1.82) is 0 Å². The van der Waals surface area contributed by atoms with Gasteiger partial charge in [-0.3, -0.25) is 9.78 Å². The van der Waals surface area contributed by atoms with Gasteiger partial charge in [-0.2, -0.15) is 0 Å². The van der Waals surface area contributed by atoms with E-state index in [0.29, 0.717) is 11.8 Å². The molecule has 1 aliphatic carbocycles. The minimum absolute atomic E-state index is 0.185. The Kier molecular flexibility index (Phi) is 7.23. The molecule has 1 saturated heterocycles. The molecule has 4 nitrogen and oxygen atoms in total. The van der Waals surface area contributed by atoms with Crippen molar-refractivity contribution in [2.24, 2.45) is 5.41 Å². The predicted molar refractivity (Wildman–Crippen MR) is 135 cm³/mol. The molecule has 0 N–H and O–H groups in total. The molecule has 0 radical (unpaired) electrons. The predicted octanol–water partition coefficient (Wildman–Crippen LogP) is 5.78. The molecule has 4 heteroatoms. The van der Waals surface area contributed by atoms with Gasteiger partial charge in [0.1, 0.15) is 0 Å². The summed E-state index contributed by atoms with van der Waals surface area (Å²) >= 11 is 0. The number of hydrogen-bond donors (Lipinski definition) is 0. The Morgan fingerprint density at radius 1 is 1.09 bits per heavy atom. The second kappa shape index (κ2) is 9.97. The van der Waals surface area contributed by atoms with E-state index in [1.54, 1.807) is 12.4 Å². The fourth-order valence-electron chi connectivity index (χ4n) is 5.86. The molecule has 1 aromatic carbocycles. The highest BCUT2D eigenvalue weighted by Crippen LogP contribution is 2.49. The summed E-state index contributed by atoms with van der Waals surface area (Å²) < 4.78 is 0. The molecule has 1 fully saturated rings. The van der Waals surface area contributed by atoms with E-state index in [0.717, 1.165) is 18.5 Å². The molecule has 0 saturated carbocycles. The van der Waals surface area contributed by atoms with E-state index < -0.39 is 0 Å². The highest BCUT2D eigenvalue weighted by molar-refractivity contribution is 5.79. The average molecular weight is 448 g/mol. The van der Waals surface area contributed by atoms with Crippen molar-refractivity contribution in [2.75, 3.05) is 26.2 Å². The van der Waals surface area contributed by atoms with Crippen molar-refractivity contribution >= 4 is 5.91 Å². The Balaban J connectivity index is 1.50. The number of benzene rings is 1. The summed E-state index contributed by atoms with van der Waals surface area (Å²) in [6.07, 6.45) is 9.96. The smallest absolute Gasteiger partial charge is 0.227 e. The molecular formula is C29H41N3O. The topological polar surface area (TPSA) is 36.4 Å². The molecule has 1 amide bonds. The van der Waals surface area contributed by atoms with Gasteiger partial charge in [-0.25, -0.2) is 0 Å². The maximum absolute atomic E-state index is 13.3. The summed E-state index contributed by atoms with van der Waals surface area (Å²) in [5.41, 5.74) is 4.60. The molecular weight excluding hydrogens is 406 g/mol. The largest absolute Gasteiger partial charge is 0.336 e. The van der Waals surface area contributed by atoms with E-state index in [4.69, 9.17) is 0 Å². The fourth-order valence-corrected chi connectivity index (χ4v) is 5.86. The van der Waals surface area contributed by atoms with Crippen molar-refractivity contribution in [2.45, 2.75) is 77.7 Å². The first-order valence-electron chi connectivity index (χ1n) is 12.8. The number of rotatable bonds is 6. The highest BCUT2D eigenvalue weighted by atomic mass is 16.2. The maximum Gasteiger partial charge on any atom is 0.227 e. The fraction of sp³-hybridized carbons (Fsp3) is 0.586. The van der Waals surface area contributed by atoms with E-state index >= 15 is 0 Å². The van der Waals surface area contributed by atoms with Crippen LogP contribution >= 0.6 is 0 Å². The van der Waals surface area contributed by atoms with E-state index in [1.165, 1.54) is 56.4 Å². The van der Waals surface area contributed by atoms with Crippen LogP contribution in [0.1, 0.15) is 82.5 Å². The Morgan fingerprint density at radius 3 is 2.45 bits per heavy atom. The van der Waals surface area contributed by atoms with Crippen LogP contribution in [0.2, 0.25) is 0 Å². The third kappa shape index (κ3) is 5.48. The number of aromatic nitrogens is 1. The normalized spacial score (nSPS) is 20.4. The summed E-state index contributed by atoms with van der Waals surface area (Å²) in [5.74, 6) is 0.219. The number of likely N-dealkylation sites (tertiary alicyclic amines) is 1. The van der Waals surface area contributed by atoms with Crippen molar-refractivity contribution in [3.05, 3.63) is 65.5 Å². The van der Waals surface area contributed by atoms with Gasteiger partial charge in [-0.05, 0) is 98.3 Å². The lowest BCUT2D eigenvalue weighted by molar-refractivity contribution is -0.133. The van der Waals surface area contributed by atoms with E-state index in [2.05, 4.69) is 66.7 Å². The summed E-state index contributed by atoms with van der Waals surface area (Å²) in [4.78, 5) is 22.2. The Bertz CT molecular complexity index is 925. The van der Waals surface area contributed by atoms with E-state index in [9.17, 15) is 4.79 Å². The van der Waals surface area contributed by atoms with Crippen LogP contribution in [0.15, 0.2) is 48.8 Å². The zero-order valence-corrected chi connectivity index (χ0v) is 21.0. The van der Waals surface area contributed by atoms with Crippen LogP contribution in [0.25, 0.3) is 0 Å². The first kappa shape index (κ1) is 23.9. The van der Waals surface area contributed by atoms with Crippen LogP contribution in [0.3, 0.4) is 0 Å². The molecule has 1 atom stereocenters. The number of amides is 1. The Labute approximate surface area is 200 Å². The SMILES string of the molecule is CCN(C(=O)Cc1ccncc1)[C@H]1CCC2(CCN(CCC(C)(C)C)CC2)c2ccccc21. The number of hydrogen-bond acceptors (Lipinski definition) is 3. The van der Waals surface area contributed by atoms with Crippen LogP contribution in [-0.4, -0.2) is 46.9 Å². The maximum atomic E-state index is 13.3. The lowest BCUT2D eigenvalue weighted by atomic mass is 9.63. The number of nitrogens with zero attached hydrogens (tertiary/aromatic N) is 3. The number of carbonyl (C=O) groups excluding carboxylic acids is 1. The standard InChI is InChI=1S/C29H41N3O/c1-5-32(27(33)22-23-11-17-30-18-12-23)26-10-13-29(25-9-7-6-8-24(25)26)15-20-31(21-16-29)19-14-28(2,3)4/h6-9,11-12,17-18,26H,5,10,13-16,19-22H2,1-4H3/t26-/m0/s1. The quantitative estimate of drug-likeness (QED) is 0.563. The highest BCUT2D eigenvalue weighted by Gasteiger charge is 2.43. The third-order valence-electron chi connectivity index (χ3n) is 7.92. The molecule has 178 valence electrons. The lowest BCUT2D eigenvalue weighted by Gasteiger charge is -2.49. The van der Waals surface area contributed by atoms with E-state index in [-0.39, 0.29) is 17.4 Å². The van der Waals surface area contributed by atoms with Crippen LogP contribution in [0, 0.1) is 5.41 Å². The number of likely N-dealkylation sites (N-methyl/N-ethyl adjacent to an activating group) is 1. The zero-order chi connectivity index (χ0) is 23.5. The lowest BCUT2D eigenvalue weighted by Crippen LogP contribution is -2.47. The number of piperidine rings is 1. The van der Waals surface area contributed by atoms with Crippen LogP contribution in [0.4, 0.5) is 0 Å². The summed E-state index contributed by atoms with van der Waals surface area (Å²) in [6.45, 7) is 13.5. The Hall–Kier alpha value is -2.20. The van der Waals surface area contributed by atoms with Crippen molar-refractivity contribution in [1.82, 2.24) is 14.8 Å². The van der Waals surface area contributed by atoms with Crippen LogP contribution < -0.4 is 0 Å². The molecule has 1 aliphatic heterocycles. The number of fused-ring (bicyclic) bond motifs is 2. The summed E-state index contributed by atoms with van der Waals surface area (Å²) in [6, 6.07) is 13.1. The molecule has 4 rings (SSSR count). The van der Waals surface area contributed by atoms with Gasteiger partial charge in [0.05, 0.1) is 12.5 Å². The molecule has 2 aromatic rings. The summed E-state index contributed by atoms with van der Waals surface area (Å²) in [7, 11) is 0. The third-order valence-corrected chi connectivity index (χ3v) is 7.92. The van der Waals surface area contributed by atoms with Crippen molar-refractivity contribution < 1.29 is 4.79 Å². The minimum Gasteiger partial charge on any atom is -0.336 e. The van der Waals surface area contributed by atoms with Gasteiger partial charge in [-0.1, -0.05) is 45.0 Å². The molecule has 33 heavy (non-hydrogen) atoms. The van der Waals surface area contributed by atoms with E-state index in [1.807, 2.05) is 12.1 Å². The molecule has 1 spiro atoms. The van der Waals surface area contributed by atoms with Crippen molar-refractivity contribution in [3.8, 4) is 0 Å². The first-order chi connectivity index (χ1) is 15.8. The second-order valence-corrected chi connectivity index (χ2v) is 11.3. The minimum atomic E-state index is 0.185. The molecule has 1 aromatic heterocycles. The zero-order valence-electron chi connectivity index (χ0n) is 21.0. The molecule has 2 aliphatic rings. The van der Waals surface area contributed by atoms with Crippen LogP contribution in [0.5, 0.6) is 0 Å². The average Bonchev–Trinajstić information content (AvgIpc) is 2.81. The van der Waals surface area contributed by atoms with Gasteiger partial charge in [-0.15, -0.1) is 0 Å². The number of pyridine rings is 1. The van der Waals surface area contributed by atoms with Gasteiger partial charge in [0.2, 0.25) is 5.91 Å². The molecule has 0 unspecified atom stereocenters. The Morgan fingerprint density at radius 2 is 1.79 bits per heavy atom. The van der Waals surface area contributed by atoms with Crippen LogP contribution in [-0.2, 0) is 16.6 Å². The first-order valence-corrected chi connectivity index (χ1v) is 12.8. The molecule has 0 bridgehead atoms.